The molecule has 4 aromatic rings. The summed E-state index contributed by atoms with van der Waals surface area (Å²) in [4.78, 5) is 21.1. The lowest BCUT2D eigenvalue weighted by Gasteiger charge is -2.16. The monoisotopic (exact) mass is 365 g/mol. The summed E-state index contributed by atoms with van der Waals surface area (Å²) in [6.45, 7) is 4.47. The van der Waals surface area contributed by atoms with Gasteiger partial charge in [0.1, 0.15) is 15.5 Å². The Labute approximate surface area is 155 Å². The average Bonchev–Trinajstić information content (AvgIpc) is 3.33. The van der Waals surface area contributed by atoms with Crippen LogP contribution in [0.4, 0.5) is 0 Å². The lowest BCUT2D eigenvalue weighted by atomic mass is 10.1. The van der Waals surface area contributed by atoms with Crippen LogP contribution in [0.2, 0.25) is 0 Å². The second-order valence-corrected chi connectivity index (χ2v) is 7.37. The summed E-state index contributed by atoms with van der Waals surface area (Å²) in [7, 11) is 1.79. The lowest BCUT2D eigenvalue weighted by Crippen LogP contribution is -2.26. The quantitative estimate of drug-likeness (QED) is 0.532. The molecule has 0 aliphatic rings. The molecule has 0 aliphatic carbocycles. The molecule has 6 heteroatoms. The van der Waals surface area contributed by atoms with Gasteiger partial charge >= 0.3 is 0 Å². The summed E-state index contributed by atoms with van der Waals surface area (Å²) in [6, 6.07) is 9.68. The van der Waals surface area contributed by atoms with Crippen molar-refractivity contribution in [1.29, 1.82) is 0 Å². The number of amides is 1. The molecule has 5 nitrogen and oxygen atoms in total. The minimum atomic E-state index is -0.0369. The fraction of sp³-hybridized carbons (Fsp3) is 0.200. The number of carbonyl (C=O) groups is 1. The van der Waals surface area contributed by atoms with Gasteiger partial charge in [-0.05, 0) is 49.7 Å². The van der Waals surface area contributed by atoms with Crippen molar-refractivity contribution in [2.45, 2.75) is 20.4 Å². The Morgan fingerprint density at radius 3 is 2.73 bits per heavy atom. The maximum Gasteiger partial charge on any atom is 0.266 e. The van der Waals surface area contributed by atoms with Crippen LogP contribution in [-0.2, 0) is 6.54 Å². The molecule has 4 rings (SSSR count). The standard InChI is InChI=1S/C20H19N3O2S/c1-13-11-14(2)21-19-16(13)17(23-8-4-5-9-23)18(26-19)20(24)22(3)12-15-7-6-10-25-15/h4-11H,12H2,1-3H3. The maximum atomic E-state index is 13.2. The molecule has 0 unspecified atom stereocenters. The zero-order chi connectivity index (χ0) is 18.3. The smallest absolute Gasteiger partial charge is 0.266 e. The molecule has 4 aromatic heterocycles. The predicted molar refractivity (Wildman–Crippen MR) is 103 cm³/mol. The van der Waals surface area contributed by atoms with Crippen LogP contribution in [-0.4, -0.2) is 27.4 Å². The number of thiophene rings is 1. The molecule has 0 spiro atoms. The average molecular weight is 365 g/mol. The van der Waals surface area contributed by atoms with Crippen molar-refractivity contribution in [1.82, 2.24) is 14.5 Å². The van der Waals surface area contributed by atoms with Gasteiger partial charge in [0, 0.05) is 30.5 Å². The molecule has 0 fully saturated rings. The highest BCUT2D eigenvalue weighted by Gasteiger charge is 2.24. The number of pyridine rings is 1. The van der Waals surface area contributed by atoms with Crippen molar-refractivity contribution in [3.05, 3.63) is 70.9 Å². The van der Waals surface area contributed by atoms with Crippen LogP contribution in [0.25, 0.3) is 15.9 Å². The van der Waals surface area contributed by atoms with Gasteiger partial charge in [0.25, 0.3) is 5.91 Å². The molecule has 0 aromatic carbocycles. The molecule has 26 heavy (non-hydrogen) atoms. The lowest BCUT2D eigenvalue weighted by molar-refractivity contribution is 0.0780. The molecule has 0 N–H and O–H groups in total. The first-order valence-corrected chi connectivity index (χ1v) is 9.18. The van der Waals surface area contributed by atoms with Crippen LogP contribution < -0.4 is 0 Å². The normalized spacial score (nSPS) is 11.2. The molecule has 0 aliphatic heterocycles. The summed E-state index contributed by atoms with van der Waals surface area (Å²) in [6.07, 6.45) is 5.54. The third-order valence-corrected chi connectivity index (χ3v) is 5.40. The topological polar surface area (TPSA) is 51.3 Å². The molecule has 0 atom stereocenters. The molecular formula is C20H19N3O2S. The van der Waals surface area contributed by atoms with E-state index in [2.05, 4.69) is 18.0 Å². The van der Waals surface area contributed by atoms with Gasteiger partial charge in [-0.1, -0.05) is 0 Å². The van der Waals surface area contributed by atoms with E-state index in [1.54, 1.807) is 18.2 Å². The Balaban J connectivity index is 1.85. The van der Waals surface area contributed by atoms with Crippen molar-refractivity contribution in [2.75, 3.05) is 7.05 Å². The SMILES string of the molecule is Cc1cc(C)c2c(-n3cccc3)c(C(=O)N(C)Cc3ccco3)sc2n1. The molecular weight excluding hydrogens is 346 g/mol. The van der Waals surface area contributed by atoms with Gasteiger partial charge in [-0.2, -0.15) is 0 Å². The zero-order valence-electron chi connectivity index (χ0n) is 14.9. The first-order valence-electron chi connectivity index (χ1n) is 8.36. The summed E-state index contributed by atoms with van der Waals surface area (Å²) in [5, 5.41) is 1.03. The second kappa shape index (κ2) is 6.46. The maximum absolute atomic E-state index is 13.2. The fourth-order valence-corrected chi connectivity index (χ4v) is 4.47. The zero-order valence-corrected chi connectivity index (χ0v) is 15.7. The second-order valence-electron chi connectivity index (χ2n) is 6.37. The Kier molecular flexibility index (Phi) is 4.12. The minimum Gasteiger partial charge on any atom is -0.467 e. The number of aryl methyl sites for hydroxylation is 2. The van der Waals surface area contributed by atoms with Crippen LogP contribution in [0.15, 0.2) is 53.4 Å². The van der Waals surface area contributed by atoms with Crippen molar-refractivity contribution in [3.8, 4) is 5.69 Å². The number of hydrogen-bond donors (Lipinski definition) is 0. The van der Waals surface area contributed by atoms with Gasteiger partial charge in [-0.3, -0.25) is 4.79 Å². The molecule has 1 amide bonds. The van der Waals surface area contributed by atoms with Crippen molar-refractivity contribution in [2.24, 2.45) is 0 Å². The highest BCUT2D eigenvalue weighted by molar-refractivity contribution is 7.21. The van der Waals surface area contributed by atoms with Gasteiger partial charge < -0.3 is 13.9 Å². The molecule has 0 saturated heterocycles. The summed E-state index contributed by atoms with van der Waals surface area (Å²) in [5.74, 6) is 0.722. The number of furan rings is 1. The number of fused-ring (bicyclic) bond motifs is 1. The Hall–Kier alpha value is -2.86. The first-order chi connectivity index (χ1) is 12.5. The fourth-order valence-electron chi connectivity index (χ4n) is 3.18. The van der Waals surface area contributed by atoms with E-state index in [9.17, 15) is 4.79 Å². The largest absolute Gasteiger partial charge is 0.467 e. The summed E-state index contributed by atoms with van der Waals surface area (Å²) >= 11 is 1.45. The van der Waals surface area contributed by atoms with Crippen LogP contribution in [0.1, 0.15) is 26.7 Å². The van der Waals surface area contributed by atoms with Gasteiger partial charge in [0.2, 0.25) is 0 Å². The van der Waals surface area contributed by atoms with Gasteiger partial charge in [-0.25, -0.2) is 4.98 Å². The van der Waals surface area contributed by atoms with Crippen LogP contribution in [0.3, 0.4) is 0 Å². The highest BCUT2D eigenvalue weighted by atomic mass is 32.1. The van der Waals surface area contributed by atoms with E-state index < -0.39 is 0 Å². The predicted octanol–water partition coefficient (Wildman–Crippen LogP) is 4.57. The Morgan fingerprint density at radius 2 is 2.04 bits per heavy atom. The van der Waals surface area contributed by atoms with Gasteiger partial charge in [0.05, 0.1) is 18.5 Å². The Bertz CT molecular complexity index is 1060. The number of carbonyl (C=O) groups excluding carboxylic acids is 1. The summed E-state index contributed by atoms with van der Waals surface area (Å²) in [5.41, 5.74) is 2.98. The minimum absolute atomic E-state index is 0.0369. The van der Waals surface area contributed by atoms with E-state index in [0.717, 1.165) is 32.9 Å². The van der Waals surface area contributed by atoms with Gasteiger partial charge in [0.15, 0.2) is 0 Å². The van der Waals surface area contributed by atoms with Crippen LogP contribution in [0.5, 0.6) is 0 Å². The van der Waals surface area contributed by atoms with E-state index in [-0.39, 0.29) is 5.91 Å². The van der Waals surface area contributed by atoms with E-state index in [4.69, 9.17) is 4.42 Å². The van der Waals surface area contributed by atoms with Crippen molar-refractivity contribution < 1.29 is 9.21 Å². The van der Waals surface area contributed by atoms with Crippen molar-refractivity contribution >= 4 is 27.5 Å². The number of rotatable bonds is 4. The van der Waals surface area contributed by atoms with Crippen molar-refractivity contribution in [3.63, 3.8) is 0 Å². The highest BCUT2D eigenvalue weighted by Crippen LogP contribution is 2.36. The third kappa shape index (κ3) is 2.82. The molecule has 4 heterocycles. The molecule has 132 valence electrons. The van der Waals surface area contributed by atoms with E-state index in [1.807, 2.05) is 48.1 Å². The van der Waals surface area contributed by atoms with E-state index in [0.29, 0.717) is 11.4 Å². The molecule has 0 bridgehead atoms. The molecule has 0 radical (unpaired) electrons. The Morgan fingerprint density at radius 1 is 1.27 bits per heavy atom. The number of hydrogen-bond acceptors (Lipinski definition) is 4. The van der Waals surface area contributed by atoms with E-state index >= 15 is 0 Å². The van der Waals surface area contributed by atoms with Crippen LogP contribution in [0, 0.1) is 13.8 Å². The first kappa shape index (κ1) is 16.6. The number of aromatic nitrogens is 2. The molecule has 0 saturated carbocycles. The van der Waals surface area contributed by atoms with Gasteiger partial charge in [-0.15, -0.1) is 11.3 Å². The number of nitrogens with zero attached hydrogens (tertiary/aromatic N) is 3. The van der Waals surface area contributed by atoms with E-state index in [1.165, 1.54) is 11.3 Å². The summed E-state index contributed by atoms with van der Waals surface area (Å²) < 4.78 is 7.38. The van der Waals surface area contributed by atoms with Crippen LogP contribution >= 0.6 is 11.3 Å². The third-order valence-electron chi connectivity index (χ3n) is 4.34.